The zero-order valence-electron chi connectivity index (χ0n) is 8.18. The molecule has 74 valence electrons. The highest BCUT2D eigenvalue weighted by atomic mass is 15.4. The van der Waals surface area contributed by atoms with E-state index in [9.17, 15) is 0 Å². The lowest BCUT2D eigenvalue weighted by molar-refractivity contribution is 0.872. The molecular weight excluding hydrogens is 190 g/mol. The Bertz CT molecular complexity index is 535. The molecule has 0 spiro atoms. The number of nitrogen functional groups attached to an aromatic ring is 1. The van der Waals surface area contributed by atoms with E-state index in [0.29, 0.717) is 5.56 Å². The smallest absolute Gasteiger partial charge is 0.239 e. The summed E-state index contributed by atoms with van der Waals surface area (Å²) in [5.41, 5.74) is 7.67. The number of hydrogen-bond donors (Lipinski definition) is 1. The van der Waals surface area contributed by atoms with Crippen LogP contribution in [0, 0.1) is 18.3 Å². The Labute approximate surface area is 86.8 Å². The number of hydrogen-bond acceptors (Lipinski definition) is 4. The first-order valence-corrected chi connectivity index (χ1v) is 4.39. The van der Waals surface area contributed by atoms with E-state index < -0.39 is 0 Å². The molecule has 1 aromatic carbocycles. The lowest BCUT2D eigenvalue weighted by Crippen LogP contribution is -2.01. The van der Waals surface area contributed by atoms with Crippen molar-refractivity contribution >= 4 is 5.95 Å². The summed E-state index contributed by atoms with van der Waals surface area (Å²) in [7, 11) is 0. The fourth-order valence-corrected chi connectivity index (χ4v) is 1.44. The lowest BCUT2D eigenvalue weighted by atomic mass is 10.1. The van der Waals surface area contributed by atoms with Gasteiger partial charge >= 0.3 is 0 Å². The van der Waals surface area contributed by atoms with Crippen LogP contribution in [-0.4, -0.2) is 14.8 Å². The topological polar surface area (TPSA) is 80.5 Å². The number of nitrogens with zero attached hydrogens (tertiary/aromatic N) is 4. The van der Waals surface area contributed by atoms with Crippen LogP contribution in [0.1, 0.15) is 11.1 Å². The van der Waals surface area contributed by atoms with Crippen molar-refractivity contribution in [1.29, 1.82) is 5.26 Å². The van der Waals surface area contributed by atoms with Gasteiger partial charge in [0.25, 0.3) is 0 Å². The highest BCUT2D eigenvalue weighted by Crippen LogP contribution is 2.17. The predicted octanol–water partition coefficient (Wildman–Crippen LogP) is 1.03. The van der Waals surface area contributed by atoms with E-state index in [2.05, 4.69) is 16.2 Å². The number of aryl methyl sites for hydroxylation is 1. The summed E-state index contributed by atoms with van der Waals surface area (Å²) in [6.07, 6.45) is 1.50. The zero-order valence-corrected chi connectivity index (χ0v) is 8.18. The van der Waals surface area contributed by atoms with Gasteiger partial charge in [-0.2, -0.15) is 5.26 Å². The van der Waals surface area contributed by atoms with Crippen LogP contribution >= 0.6 is 0 Å². The summed E-state index contributed by atoms with van der Waals surface area (Å²) in [5.74, 6) is 0.196. The van der Waals surface area contributed by atoms with E-state index in [1.165, 1.54) is 11.0 Å². The fourth-order valence-electron chi connectivity index (χ4n) is 1.44. The van der Waals surface area contributed by atoms with Crippen molar-refractivity contribution in [3.05, 3.63) is 35.7 Å². The SMILES string of the molecule is Cc1cccc(C#N)c1-n1cnc(N)n1. The normalized spacial score (nSPS) is 9.87. The van der Waals surface area contributed by atoms with Gasteiger partial charge in [0.15, 0.2) is 0 Å². The first-order valence-electron chi connectivity index (χ1n) is 4.39. The average molecular weight is 199 g/mol. The monoisotopic (exact) mass is 199 g/mol. The molecule has 0 aliphatic heterocycles. The van der Waals surface area contributed by atoms with Crippen LogP contribution in [0.15, 0.2) is 24.5 Å². The molecule has 0 fully saturated rings. The van der Waals surface area contributed by atoms with E-state index in [-0.39, 0.29) is 5.95 Å². The highest BCUT2D eigenvalue weighted by molar-refractivity contribution is 5.53. The average Bonchev–Trinajstić information content (AvgIpc) is 2.64. The lowest BCUT2D eigenvalue weighted by Gasteiger charge is -2.06. The second-order valence-electron chi connectivity index (χ2n) is 3.13. The van der Waals surface area contributed by atoms with Crippen LogP contribution in [0.25, 0.3) is 5.69 Å². The molecule has 1 heterocycles. The Morgan fingerprint density at radius 3 is 2.87 bits per heavy atom. The van der Waals surface area contributed by atoms with Gasteiger partial charge in [-0.1, -0.05) is 12.1 Å². The Hall–Kier alpha value is -2.35. The third kappa shape index (κ3) is 1.53. The third-order valence-corrected chi connectivity index (χ3v) is 2.10. The highest BCUT2D eigenvalue weighted by Gasteiger charge is 2.08. The van der Waals surface area contributed by atoms with E-state index in [4.69, 9.17) is 11.0 Å². The van der Waals surface area contributed by atoms with Crippen LogP contribution in [-0.2, 0) is 0 Å². The van der Waals surface area contributed by atoms with Crippen LogP contribution in [0.2, 0.25) is 0 Å². The minimum Gasteiger partial charge on any atom is -0.366 e. The van der Waals surface area contributed by atoms with Crippen molar-refractivity contribution in [1.82, 2.24) is 14.8 Å². The van der Waals surface area contributed by atoms with Gasteiger partial charge in [0.05, 0.1) is 11.3 Å². The van der Waals surface area contributed by atoms with Gasteiger partial charge < -0.3 is 5.73 Å². The first-order chi connectivity index (χ1) is 7.22. The van der Waals surface area contributed by atoms with E-state index >= 15 is 0 Å². The number of benzene rings is 1. The molecule has 0 aliphatic carbocycles. The maximum atomic E-state index is 8.97. The minimum atomic E-state index is 0.196. The van der Waals surface area contributed by atoms with Crippen LogP contribution < -0.4 is 5.73 Å². The molecule has 1 aromatic heterocycles. The largest absolute Gasteiger partial charge is 0.366 e. The number of aromatic nitrogens is 3. The standard InChI is InChI=1S/C10H9N5/c1-7-3-2-4-8(5-11)9(7)15-6-13-10(12)14-15/h2-4,6H,1H3,(H2,12,14). The Kier molecular flexibility index (Phi) is 2.10. The third-order valence-electron chi connectivity index (χ3n) is 2.10. The first kappa shape index (κ1) is 9.21. The number of nitriles is 1. The van der Waals surface area contributed by atoms with Gasteiger partial charge in [0.2, 0.25) is 5.95 Å². The quantitative estimate of drug-likeness (QED) is 0.743. The number of rotatable bonds is 1. The molecule has 5 heteroatoms. The molecule has 0 aliphatic rings. The van der Waals surface area contributed by atoms with Crippen molar-refractivity contribution in [2.75, 3.05) is 5.73 Å². The number of nitrogens with two attached hydrogens (primary N) is 1. The van der Waals surface area contributed by atoms with Crippen molar-refractivity contribution in [2.24, 2.45) is 0 Å². The summed E-state index contributed by atoms with van der Waals surface area (Å²) in [6.45, 7) is 1.91. The summed E-state index contributed by atoms with van der Waals surface area (Å²) >= 11 is 0. The maximum Gasteiger partial charge on any atom is 0.239 e. The van der Waals surface area contributed by atoms with E-state index in [1.807, 2.05) is 19.1 Å². The molecule has 0 saturated heterocycles. The second kappa shape index (κ2) is 3.42. The minimum absolute atomic E-state index is 0.196. The Morgan fingerprint density at radius 1 is 1.47 bits per heavy atom. The van der Waals surface area contributed by atoms with Gasteiger partial charge in [-0.25, -0.2) is 9.67 Å². The maximum absolute atomic E-state index is 8.97. The summed E-state index contributed by atoms with van der Waals surface area (Å²) in [6, 6.07) is 7.59. The van der Waals surface area contributed by atoms with E-state index in [0.717, 1.165) is 11.3 Å². The Balaban J connectivity index is 2.67. The van der Waals surface area contributed by atoms with Gasteiger partial charge in [-0.3, -0.25) is 0 Å². The van der Waals surface area contributed by atoms with Gasteiger partial charge in [-0.15, -0.1) is 5.10 Å². The van der Waals surface area contributed by atoms with E-state index in [1.54, 1.807) is 6.07 Å². The predicted molar refractivity (Wildman–Crippen MR) is 55.2 cm³/mol. The fraction of sp³-hybridized carbons (Fsp3) is 0.100. The second-order valence-corrected chi connectivity index (χ2v) is 3.13. The molecule has 5 nitrogen and oxygen atoms in total. The number of anilines is 1. The summed E-state index contributed by atoms with van der Waals surface area (Å²) in [5, 5.41) is 13.0. The molecule has 0 amide bonds. The molecule has 0 atom stereocenters. The summed E-state index contributed by atoms with van der Waals surface area (Å²) in [4.78, 5) is 3.83. The van der Waals surface area contributed by atoms with Gasteiger partial charge in [0.1, 0.15) is 12.4 Å². The Morgan fingerprint density at radius 2 is 2.27 bits per heavy atom. The molecule has 0 bridgehead atoms. The van der Waals surface area contributed by atoms with Crippen LogP contribution in [0.5, 0.6) is 0 Å². The molecule has 15 heavy (non-hydrogen) atoms. The van der Waals surface area contributed by atoms with Crippen molar-refractivity contribution in [2.45, 2.75) is 6.92 Å². The zero-order chi connectivity index (χ0) is 10.8. The molecule has 2 aromatic rings. The molecule has 2 N–H and O–H groups in total. The number of para-hydroxylation sites is 1. The molecule has 2 rings (SSSR count). The molecule has 0 saturated carbocycles. The molecule has 0 radical (unpaired) electrons. The van der Waals surface area contributed by atoms with Crippen molar-refractivity contribution in [3.8, 4) is 11.8 Å². The van der Waals surface area contributed by atoms with Crippen molar-refractivity contribution < 1.29 is 0 Å². The van der Waals surface area contributed by atoms with Gasteiger partial charge in [-0.05, 0) is 18.6 Å². The molecular formula is C10H9N5. The summed E-state index contributed by atoms with van der Waals surface area (Å²) < 4.78 is 1.52. The van der Waals surface area contributed by atoms with Crippen LogP contribution in [0.4, 0.5) is 5.95 Å². The van der Waals surface area contributed by atoms with Crippen LogP contribution in [0.3, 0.4) is 0 Å². The van der Waals surface area contributed by atoms with Crippen molar-refractivity contribution in [3.63, 3.8) is 0 Å². The van der Waals surface area contributed by atoms with Gasteiger partial charge in [0, 0.05) is 0 Å². The molecule has 0 unspecified atom stereocenters.